The highest BCUT2D eigenvalue weighted by molar-refractivity contribution is 5.31. The Morgan fingerprint density at radius 2 is 2.05 bits per heavy atom. The lowest BCUT2D eigenvalue weighted by Gasteiger charge is -2.40. The maximum atomic E-state index is 11.3. The van der Waals surface area contributed by atoms with Crippen molar-refractivity contribution in [3.8, 4) is 5.75 Å². The molecule has 1 N–H and O–H groups in total. The van der Waals surface area contributed by atoms with Gasteiger partial charge in [0.2, 0.25) is 0 Å². The van der Waals surface area contributed by atoms with Crippen LogP contribution in [0.5, 0.6) is 5.75 Å². The van der Waals surface area contributed by atoms with E-state index >= 15 is 0 Å². The first kappa shape index (κ1) is 7.81. The molecule has 3 heteroatoms. The molecule has 0 aliphatic heterocycles. The Morgan fingerprint density at radius 3 is 2.65 bits per heavy atom. The largest absolute Gasteiger partial charge is 0.497 e. The van der Waals surface area contributed by atoms with E-state index in [4.69, 9.17) is 15.7 Å². The fraction of sp³-hybridized carbons (Fsp3) is 0.647. The molecule has 0 heterocycles. The highest BCUT2D eigenvalue weighted by Crippen LogP contribution is 2.40. The lowest BCUT2D eigenvalue weighted by molar-refractivity contribution is -0.0277. The van der Waals surface area contributed by atoms with Crippen molar-refractivity contribution >= 4 is 0 Å². The number of hydrogen-bond donors (Lipinski definition) is 1. The van der Waals surface area contributed by atoms with E-state index in [0.717, 1.165) is 19.3 Å². The number of nitrogens with zero attached hydrogens (tertiary/aromatic N) is 1. The summed E-state index contributed by atoms with van der Waals surface area (Å²) < 4.78 is 66.4. The molecule has 0 aromatic heterocycles. The molecule has 1 aromatic carbocycles. The van der Waals surface area contributed by atoms with E-state index in [1.807, 2.05) is 0 Å². The van der Waals surface area contributed by atoms with E-state index < -0.39 is 32.0 Å². The Kier molecular flexibility index (Phi) is 2.57. The number of aliphatic hydroxyl groups is 1. The van der Waals surface area contributed by atoms with Gasteiger partial charge >= 0.3 is 0 Å². The number of benzene rings is 1. The fourth-order valence-electron chi connectivity index (χ4n) is 2.88. The van der Waals surface area contributed by atoms with Crippen LogP contribution < -0.4 is 4.74 Å². The van der Waals surface area contributed by atoms with Gasteiger partial charge in [-0.25, -0.2) is 0 Å². The van der Waals surface area contributed by atoms with Gasteiger partial charge in [-0.15, -0.1) is 0 Å². The zero-order valence-corrected chi connectivity index (χ0v) is 11.7. The smallest absolute Gasteiger partial charge is 0.118 e. The quantitative estimate of drug-likeness (QED) is 0.902. The van der Waals surface area contributed by atoms with Crippen molar-refractivity contribution in [3.05, 3.63) is 29.8 Å². The molecular formula is C17H27NO2. The van der Waals surface area contributed by atoms with Gasteiger partial charge < -0.3 is 14.7 Å². The summed E-state index contributed by atoms with van der Waals surface area (Å²) in [5.41, 5.74) is -1.02. The van der Waals surface area contributed by atoms with Crippen molar-refractivity contribution in [2.45, 2.75) is 43.6 Å². The van der Waals surface area contributed by atoms with Crippen molar-refractivity contribution in [1.29, 1.82) is 0 Å². The Balaban J connectivity index is 2.47. The van der Waals surface area contributed by atoms with Crippen molar-refractivity contribution in [2.75, 3.05) is 27.6 Å². The minimum absolute atomic E-state index is 0.0860. The maximum absolute atomic E-state index is 11.3. The molecule has 0 bridgehead atoms. The topological polar surface area (TPSA) is 32.7 Å². The van der Waals surface area contributed by atoms with Gasteiger partial charge in [0.05, 0.1) is 16.8 Å². The van der Waals surface area contributed by atoms with E-state index in [-0.39, 0.29) is 5.75 Å². The number of ether oxygens (including phenoxy) is 1. The minimum Gasteiger partial charge on any atom is -0.497 e. The van der Waals surface area contributed by atoms with Gasteiger partial charge in [-0.05, 0) is 44.6 Å². The zero-order chi connectivity index (χ0) is 21.4. The average Bonchev–Trinajstić information content (AvgIpc) is 2.54. The summed E-state index contributed by atoms with van der Waals surface area (Å²) in [5, 5.41) is 11.3. The van der Waals surface area contributed by atoms with Crippen molar-refractivity contribution in [1.82, 2.24) is 4.90 Å². The predicted molar refractivity (Wildman–Crippen MR) is 82.3 cm³/mol. The molecule has 0 amide bonds. The molecular weight excluding hydrogens is 250 g/mol. The van der Waals surface area contributed by atoms with Crippen LogP contribution in [0.1, 0.15) is 54.6 Å². The summed E-state index contributed by atoms with van der Waals surface area (Å²) in [5.74, 6) is -1.05. The predicted octanol–water partition coefficient (Wildman–Crippen LogP) is 3.04. The Hall–Kier alpha value is -1.06. The normalized spacial score (nSPS) is 27.8. The number of rotatable bonds is 5. The summed E-state index contributed by atoms with van der Waals surface area (Å²) in [6.45, 7) is -5.05. The van der Waals surface area contributed by atoms with Crippen LogP contribution in [-0.2, 0) is 0 Å². The molecule has 0 spiro atoms. The SMILES string of the molecule is [2H]C([2H])([2H])Oc1ccc(C(C2(O)CCCCC2)C([2H])([2H])N(C)C([2H])([2H])[2H])cc1. The number of methoxy groups -OCH3 is 1. The highest BCUT2D eigenvalue weighted by Gasteiger charge is 2.38. The summed E-state index contributed by atoms with van der Waals surface area (Å²) in [6, 6.07) is 5.77. The standard InChI is InChI=1S/C17H27NO2/c1-18(2)13-16(17(19)11-5-4-6-12-17)14-7-9-15(20-3)10-8-14/h7-10,16,19H,4-6,11-13H2,1-3H3/i1D3,3D3,13D2. The summed E-state index contributed by atoms with van der Waals surface area (Å²) >= 11 is 0. The third kappa shape index (κ3) is 3.53. The van der Waals surface area contributed by atoms with Crippen molar-refractivity contribution in [2.24, 2.45) is 0 Å². The van der Waals surface area contributed by atoms with E-state index in [1.54, 1.807) is 0 Å². The van der Waals surface area contributed by atoms with Crippen LogP contribution in [0.15, 0.2) is 24.3 Å². The molecule has 1 saturated carbocycles. The minimum atomic E-state index is -2.68. The Bertz CT molecular complexity index is 651. The van der Waals surface area contributed by atoms with Gasteiger partial charge in [0, 0.05) is 19.3 Å². The van der Waals surface area contributed by atoms with Gasteiger partial charge in [0.1, 0.15) is 5.75 Å². The first-order chi connectivity index (χ1) is 12.7. The molecule has 1 fully saturated rings. The first-order valence-electron chi connectivity index (χ1n) is 10.9. The summed E-state index contributed by atoms with van der Waals surface area (Å²) in [4.78, 5) is 0.671. The molecule has 1 unspecified atom stereocenters. The van der Waals surface area contributed by atoms with Crippen LogP contribution in [0.2, 0.25) is 0 Å². The molecule has 0 saturated heterocycles. The molecule has 2 rings (SSSR count). The summed E-state index contributed by atoms with van der Waals surface area (Å²) in [7, 11) is -1.43. The Labute approximate surface area is 133 Å². The van der Waals surface area contributed by atoms with Gasteiger partial charge in [-0.1, -0.05) is 31.4 Å². The highest BCUT2D eigenvalue weighted by atomic mass is 16.5. The molecule has 1 aromatic rings. The summed E-state index contributed by atoms with van der Waals surface area (Å²) in [6.07, 6.45) is 3.10. The molecule has 1 atom stereocenters. The lowest BCUT2D eigenvalue weighted by Crippen LogP contribution is -2.42. The maximum Gasteiger partial charge on any atom is 0.118 e. The molecule has 112 valence electrons. The average molecular weight is 285 g/mol. The molecule has 0 radical (unpaired) electrons. The lowest BCUT2D eigenvalue weighted by atomic mass is 9.72. The van der Waals surface area contributed by atoms with Gasteiger partial charge in [0.25, 0.3) is 0 Å². The van der Waals surface area contributed by atoms with Crippen molar-refractivity contribution in [3.63, 3.8) is 0 Å². The van der Waals surface area contributed by atoms with Crippen LogP contribution in [0.4, 0.5) is 0 Å². The third-order valence-corrected chi connectivity index (χ3v) is 3.91. The van der Waals surface area contributed by atoms with Crippen LogP contribution in [0.3, 0.4) is 0 Å². The van der Waals surface area contributed by atoms with Gasteiger partial charge in [-0.3, -0.25) is 0 Å². The second-order valence-electron chi connectivity index (χ2n) is 5.46. The van der Waals surface area contributed by atoms with E-state index in [0.29, 0.717) is 23.3 Å². The molecule has 20 heavy (non-hydrogen) atoms. The van der Waals surface area contributed by atoms with E-state index in [9.17, 15) is 5.11 Å². The van der Waals surface area contributed by atoms with E-state index in [1.165, 1.54) is 31.3 Å². The van der Waals surface area contributed by atoms with Crippen molar-refractivity contribution < 1.29 is 20.8 Å². The second kappa shape index (κ2) is 6.59. The first-order valence-corrected chi connectivity index (χ1v) is 6.92. The Morgan fingerprint density at radius 1 is 1.35 bits per heavy atom. The van der Waals surface area contributed by atoms with Crippen LogP contribution in [0.25, 0.3) is 0 Å². The fourth-order valence-corrected chi connectivity index (χ4v) is 2.88. The van der Waals surface area contributed by atoms with Gasteiger partial charge in [0.15, 0.2) is 0 Å². The monoisotopic (exact) mass is 285 g/mol. The molecule has 1 aliphatic carbocycles. The van der Waals surface area contributed by atoms with Crippen LogP contribution in [-0.4, -0.2) is 43.2 Å². The molecule has 3 nitrogen and oxygen atoms in total. The van der Waals surface area contributed by atoms with Crippen LogP contribution in [0, 0.1) is 0 Å². The van der Waals surface area contributed by atoms with Crippen LogP contribution >= 0.6 is 0 Å². The zero-order valence-electron chi connectivity index (χ0n) is 19.7. The van der Waals surface area contributed by atoms with Gasteiger partial charge in [-0.2, -0.15) is 0 Å². The molecule has 1 aliphatic rings. The second-order valence-corrected chi connectivity index (χ2v) is 5.46. The number of likely N-dealkylation sites (N-methyl/N-ethyl adjacent to an activating group) is 1. The number of hydrogen-bond acceptors (Lipinski definition) is 3. The third-order valence-electron chi connectivity index (χ3n) is 3.91. The van der Waals surface area contributed by atoms with E-state index in [2.05, 4.69) is 0 Å².